The molecule has 3 unspecified atom stereocenters. The molecule has 4 saturated carbocycles. The molecule has 1 amide bonds. The van der Waals surface area contributed by atoms with Gasteiger partial charge in [-0.15, -0.1) is 12.4 Å². The van der Waals surface area contributed by atoms with Gasteiger partial charge >= 0.3 is 0 Å². The van der Waals surface area contributed by atoms with Gasteiger partial charge in [0.25, 0.3) is 0 Å². The van der Waals surface area contributed by atoms with Crippen LogP contribution in [0, 0.1) is 17.3 Å². The van der Waals surface area contributed by atoms with Crippen molar-refractivity contribution in [3.63, 3.8) is 0 Å². The van der Waals surface area contributed by atoms with Crippen molar-refractivity contribution in [2.24, 2.45) is 17.3 Å². The molecule has 5 aliphatic rings. The number of nitrogens with zero attached hydrogens (tertiary/aromatic N) is 1. The second kappa shape index (κ2) is 7.77. The van der Waals surface area contributed by atoms with Crippen LogP contribution in [0.15, 0.2) is 24.3 Å². The van der Waals surface area contributed by atoms with Gasteiger partial charge in [-0.3, -0.25) is 4.79 Å². The van der Waals surface area contributed by atoms with E-state index in [1.165, 1.54) is 31.2 Å². The van der Waals surface area contributed by atoms with Crippen LogP contribution in [0.4, 0.5) is 0 Å². The number of hydrogen-bond acceptors (Lipinski definition) is 3. The lowest BCUT2D eigenvalue weighted by atomic mass is 9.42. The quantitative estimate of drug-likeness (QED) is 0.797. The molecule has 1 heterocycles. The molecule has 1 N–H and O–H groups in total. The summed E-state index contributed by atoms with van der Waals surface area (Å²) in [6.07, 6.45) is 9.50. The molecule has 29 heavy (non-hydrogen) atoms. The molecule has 0 spiro atoms. The van der Waals surface area contributed by atoms with Crippen molar-refractivity contribution in [3.8, 4) is 5.75 Å². The Bertz CT molecular complexity index is 736. The summed E-state index contributed by atoms with van der Waals surface area (Å²) in [6, 6.07) is 9.20. The third-order valence-corrected chi connectivity index (χ3v) is 8.33. The molecule has 1 aliphatic heterocycles. The van der Waals surface area contributed by atoms with Crippen LogP contribution in [0.25, 0.3) is 0 Å². The second-order valence-corrected chi connectivity index (χ2v) is 10.1. The number of benzene rings is 1. The van der Waals surface area contributed by atoms with Gasteiger partial charge < -0.3 is 15.0 Å². The summed E-state index contributed by atoms with van der Waals surface area (Å²) < 4.78 is 5.38. The summed E-state index contributed by atoms with van der Waals surface area (Å²) in [4.78, 5) is 16.1. The van der Waals surface area contributed by atoms with Crippen molar-refractivity contribution in [2.75, 3.05) is 27.2 Å². The van der Waals surface area contributed by atoms with Crippen LogP contribution in [-0.2, 0) is 10.2 Å². The first-order valence-electron chi connectivity index (χ1n) is 11.2. The first-order valence-corrected chi connectivity index (χ1v) is 11.2. The Balaban J connectivity index is 0.00000205. The fourth-order valence-corrected chi connectivity index (χ4v) is 7.53. The Morgan fingerprint density at radius 2 is 1.83 bits per heavy atom. The second-order valence-electron chi connectivity index (χ2n) is 10.1. The standard InChI is InChI=1S/C24H34N2O2.ClH/c1-25-20-4-3-9-26(15-20)22(27)24-13-17-10-18(14-24)12-23(11-17,16-24)19-5-7-21(28-2)8-6-19;/h5-8,17-18,20,25H,3-4,9-16H2,1-2H3;1H. The average molecular weight is 419 g/mol. The Morgan fingerprint density at radius 1 is 1.14 bits per heavy atom. The van der Waals surface area contributed by atoms with Gasteiger partial charge in [0.1, 0.15) is 5.75 Å². The zero-order chi connectivity index (χ0) is 19.4. The molecule has 0 radical (unpaired) electrons. The molecular formula is C24H35ClN2O2. The van der Waals surface area contributed by atoms with Crippen molar-refractivity contribution in [3.05, 3.63) is 29.8 Å². The fraction of sp³-hybridized carbons (Fsp3) is 0.708. The van der Waals surface area contributed by atoms with Crippen LogP contribution >= 0.6 is 12.4 Å². The van der Waals surface area contributed by atoms with Gasteiger partial charge in [-0.2, -0.15) is 0 Å². The molecule has 5 fully saturated rings. The van der Waals surface area contributed by atoms with E-state index in [4.69, 9.17) is 4.74 Å². The van der Waals surface area contributed by atoms with Crippen LogP contribution in [0.5, 0.6) is 5.75 Å². The van der Waals surface area contributed by atoms with Gasteiger partial charge in [-0.25, -0.2) is 0 Å². The molecular weight excluding hydrogens is 384 g/mol. The van der Waals surface area contributed by atoms with Crippen LogP contribution in [-0.4, -0.2) is 44.1 Å². The molecule has 160 valence electrons. The van der Waals surface area contributed by atoms with Crippen molar-refractivity contribution in [1.29, 1.82) is 0 Å². The van der Waals surface area contributed by atoms with Crippen molar-refractivity contribution in [2.45, 2.75) is 62.8 Å². The predicted molar refractivity (Wildman–Crippen MR) is 118 cm³/mol. The first-order chi connectivity index (χ1) is 13.6. The molecule has 4 nitrogen and oxygen atoms in total. The van der Waals surface area contributed by atoms with Gasteiger partial charge in [-0.05, 0) is 93.4 Å². The van der Waals surface area contributed by atoms with Crippen LogP contribution in [0.2, 0.25) is 0 Å². The highest BCUT2D eigenvalue weighted by atomic mass is 35.5. The number of amides is 1. The number of rotatable bonds is 4. The number of nitrogens with one attached hydrogen (secondary N) is 1. The monoisotopic (exact) mass is 418 g/mol. The largest absolute Gasteiger partial charge is 0.497 e. The fourth-order valence-electron chi connectivity index (χ4n) is 7.53. The lowest BCUT2D eigenvalue weighted by Crippen LogP contribution is -2.61. The molecule has 4 aliphatic carbocycles. The zero-order valence-electron chi connectivity index (χ0n) is 17.8. The highest BCUT2D eigenvalue weighted by molar-refractivity contribution is 5.85. The predicted octanol–water partition coefficient (Wildman–Crippen LogP) is 4.17. The zero-order valence-corrected chi connectivity index (χ0v) is 18.6. The minimum atomic E-state index is -0.111. The third-order valence-electron chi connectivity index (χ3n) is 8.33. The SMILES string of the molecule is CNC1CCCN(C(=O)C23CC4CC(C2)CC(c2ccc(OC)cc2)(C4)C3)C1.Cl. The van der Waals surface area contributed by atoms with E-state index in [1.54, 1.807) is 7.11 Å². The normalized spacial score (nSPS) is 37.9. The van der Waals surface area contributed by atoms with E-state index in [9.17, 15) is 4.79 Å². The highest BCUT2D eigenvalue weighted by Gasteiger charge is 2.61. The van der Waals surface area contributed by atoms with Crippen LogP contribution in [0.1, 0.15) is 56.9 Å². The number of methoxy groups -OCH3 is 1. The molecule has 1 saturated heterocycles. The lowest BCUT2D eigenvalue weighted by molar-refractivity contribution is -0.161. The minimum absolute atomic E-state index is 0. The molecule has 3 atom stereocenters. The number of halogens is 1. The number of likely N-dealkylation sites (tertiary alicyclic amines) is 1. The van der Waals surface area contributed by atoms with E-state index in [0.29, 0.717) is 11.9 Å². The van der Waals surface area contributed by atoms with Gasteiger partial charge in [-0.1, -0.05) is 12.1 Å². The van der Waals surface area contributed by atoms with E-state index >= 15 is 0 Å². The van der Waals surface area contributed by atoms with Crippen molar-refractivity contribution in [1.82, 2.24) is 10.2 Å². The summed E-state index contributed by atoms with van der Waals surface area (Å²) in [5.41, 5.74) is 1.52. The minimum Gasteiger partial charge on any atom is -0.497 e. The maximum atomic E-state index is 13.9. The summed E-state index contributed by atoms with van der Waals surface area (Å²) in [5.74, 6) is 2.83. The number of likely N-dealkylation sites (N-methyl/N-ethyl adjacent to an activating group) is 1. The summed E-state index contributed by atoms with van der Waals surface area (Å²) in [5, 5.41) is 3.40. The molecule has 6 rings (SSSR count). The molecule has 4 bridgehead atoms. The molecule has 1 aromatic carbocycles. The number of carbonyl (C=O) groups is 1. The average Bonchev–Trinajstić information content (AvgIpc) is 2.72. The number of carbonyl (C=O) groups excluding carboxylic acids is 1. The van der Waals surface area contributed by atoms with Gasteiger partial charge in [0.05, 0.1) is 12.5 Å². The maximum absolute atomic E-state index is 13.9. The summed E-state index contributed by atoms with van der Waals surface area (Å²) >= 11 is 0. The molecule has 0 aromatic heterocycles. The van der Waals surface area contributed by atoms with E-state index in [1.807, 2.05) is 7.05 Å². The summed E-state index contributed by atoms with van der Waals surface area (Å²) in [7, 11) is 3.76. The highest BCUT2D eigenvalue weighted by Crippen LogP contribution is 2.66. The Kier molecular flexibility index (Phi) is 5.63. The molecule has 5 heteroatoms. The Morgan fingerprint density at radius 3 is 2.45 bits per heavy atom. The topological polar surface area (TPSA) is 41.6 Å². The van der Waals surface area contributed by atoms with Crippen LogP contribution < -0.4 is 10.1 Å². The Labute approximate surface area is 181 Å². The van der Waals surface area contributed by atoms with Crippen molar-refractivity contribution < 1.29 is 9.53 Å². The third kappa shape index (κ3) is 3.46. The maximum Gasteiger partial charge on any atom is 0.228 e. The van der Waals surface area contributed by atoms with Crippen LogP contribution in [0.3, 0.4) is 0 Å². The summed E-state index contributed by atoms with van der Waals surface area (Å²) in [6.45, 7) is 1.84. The van der Waals surface area contributed by atoms with Gasteiger partial charge in [0, 0.05) is 19.1 Å². The first kappa shape index (κ1) is 21.0. The van der Waals surface area contributed by atoms with E-state index < -0.39 is 0 Å². The number of hydrogen-bond donors (Lipinski definition) is 1. The molecule has 1 aromatic rings. The number of piperidine rings is 1. The van der Waals surface area contributed by atoms with E-state index in [0.717, 1.165) is 56.4 Å². The number of ether oxygens (including phenoxy) is 1. The van der Waals surface area contributed by atoms with Gasteiger partial charge in [0.15, 0.2) is 0 Å². The van der Waals surface area contributed by atoms with Gasteiger partial charge in [0.2, 0.25) is 5.91 Å². The lowest BCUT2D eigenvalue weighted by Gasteiger charge is -2.62. The van der Waals surface area contributed by atoms with E-state index in [-0.39, 0.29) is 23.2 Å². The Hall–Kier alpha value is -1.26. The smallest absolute Gasteiger partial charge is 0.228 e. The van der Waals surface area contributed by atoms with E-state index in [2.05, 4.69) is 34.5 Å². The van der Waals surface area contributed by atoms with Crippen molar-refractivity contribution >= 4 is 18.3 Å².